The number of esters is 1. The van der Waals surface area contributed by atoms with Crippen LogP contribution < -0.4 is 4.74 Å². The third-order valence-corrected chi connectivity index (χ3v) is 5.32. The SMILES string of the molecule is CCCCCCC(CC)c1ccccc1C1C(=O)Oc2ccccc21. The van der Waals surface area contributed by atoms with Crippen molar-refractivity contribution in [2.24, 2.45) is 0 Å². The summed E-state index contributed by atoms with van der Waals surface area (Å²) in [6, 6.07) is 16.3. The zero-order valence-corrected chi connectivity index (χ0v) is 15.3. The van der Waals surface area contributed by atoms with Gasteiger partial charge in [0.1, 0.15) is 11.7 Å². The molecule has 132 valence electrons. The normalized spacial score (nSPS) is 17.2. The lowest BCUT2D eigenvalue weighted by molar-refractivity contribution is -0.133. The van der Waals surface area contributed by atoms with Crippen LogP contribution in [-0.2, 0) is 4.79 Å². The maximum atomic E-state index is 12.6. The van der Waals surface area contributed by atoms with E-state index in [1.165, 1.54) is 37.7 Å². The summed E-state index contributed by atoms with van der Waals surface area (Å²) in [5.41, 5.74) is 3.45. The highest BCUT2D eigenvalue weighted by molar-refractivity contribution is 5.89. The van der Waals surface area contributed by atoms with Crippen LogP contribution in [0, 0.1) is 0 Å². The molecule has 0 saturated carbocycles. The van der Waals surface area contributed by atoms with Crippen LogP contribution >= 0.6 is 0 Å². The van der Waals surface area contributed by atoms with Gasteiger partial charge in [-0.3, -0.25) is 4.79 Å². The summed E-state index contributed by atoms with van der Waals surface area (Å²) in [4.78, 5) is 12.6. The molecule has 1 aliphatic heterocycles. The number of benzene rings is 2. The highest BCUT2D eigenvalue weighted by Crippen LogP contribution is 2.42. The van der Waals surface area contributed by atoms with Crippen LogP contribution in [0.1, 0.15) is 80.9 Å². The first-order chi connectivity index (χ1) is 12.3. The summed E-state index contributed by atoms with van der Waals surface area (Å²) >= 11 is 0. The number of fused-ring (bicyclic) bond motifs is 1. The quantitative estimate of drug-likeness (QED) is 0.326. The van der Waals surface area contributed by atoms with E-state index in [4.69, 9.17) is 4.74 Å². The van der Waals surface area contributed by atoms with Crippen molar-refractivity contribution in [3.63, 3.8) is 0 Å². The van der Waals surface area contributed by atoms with E-state index in [0.717, 1.165) is 17.5 Å². The molecule has 2 nitrogen and oxygen atoms in total. The molecule has 2 heteroatoms. The smallest absolute Gasteiger partial charge is 0.323 e. The molecule has 25 heavy (non-hydrogen) atoms. The zero-order chi connectivity index (χ0) is 17.6. The van der Waals surface area contributed by atoms with Crippen LogP contribution in [0.2, 0.25) is 0 Å². The Morgan fingerprint density at radius 1 is 0.920 bits per heavy atom. The fourth-order valence-electron chi connectivity index (χ4n) is 3.94. The summed E-state index contributed by atoms with van der Waals surface area (Å²) in [6.45, 7) is 4.50. The van der Waals surface area contributed by atoms with E-state index >= 15 is 0 Å². The number of unbranched alkanes of at least 4 members (excludes halogenated alkanes) is 3. The van der Waals surface area contributed by atoms with E-state index in [1.54, 1.807) is 0 Å². The van der Waals surface area contributed by atoms with Crippen LogP contribution in [0.4, 0.5) is 0 Å². The third-order valence-electron chi connectivity index (χ3n) is 5.32. The average Bonchev–Trinajstić information content (AvgIpc) is 2.97. The molecule has 3 rings (SSSR count). The Labute approximate surface area is 151 Å². The lowest BCUT2D eigenvalue weighted by Gasteiger charge is -2.21. The Morgan fingerprint density at radius 3 is 2.40 bits per heavy atom. The van der Waals surface area contributed by atoms with Gasteiger partial charge in [-0.25, -0.2) is 0 Å². The molecule has 0 spiro atoms. The molecule has 0 N–H and O–H groups in total. The van der Waals surface area contributed by atoms with E-state index in [-0.39, 0.29) is 11.9 Å². The molecule has 2 aromatic rings. The lowest BCUT2D eigenvalue weighted by atomic mass is 9.81. The molecule has 0 radical (unpaired) electrons. The number of rotatable bonds is 8. The number of carbonyl (C=O) groups is 1. The summed E-state index contributed by atoms with van der Waals surface area (Å²) in [6.07, 6.45) is 7.41. The molecule has 0 aromatic heterocycles. The third kappa shape index (κ3) is 3.78. The van der Waals surface area contributed by atoms with E-state index in [0.29, 0.717) is 11.7 Å². The standard InChI is InChI=1S/C23H28O2/c1-3-5-6-7-12-17(4-2)18-13-8-9-14-19(18)22-20-15-10-11-16-21(20)25-23(22)24/h8-11,13-17,22H,3-7,12H2,1-2H3. The van der Waals surface area contributed by atoms with Gasteiger partial charge in [0, 0.05) is 5.56 Å². The average molecular weight is 336 g/mol. The minimum Gasteiger partial charge on any atom is -0.425 e. The van der Waals surface area contributed by atoms with Crippen molar-refractivity contribution in [1.82, 2.24) is 0 Å². The molecule has 2 atom stereocenters. The topological polar surface area (TPSA) is 26.3 Å². The van der Waals surface area contributed by atoms with Gasteiger partial charge in [0.05, 0.1) is 0 Å². The van der Waals surface area contributed by atoms with E-state index in [9.17, 15) is 4.79 Å². The van der Waals surface area contributed by atoms with Crippen LogP contribution in [0.3, 0.4) is 0 Å². The molecule has 0 bridgehead atoms. The summed E-state index contributed by atoms with van der Waals surface area (Å²) in [7, 11) is 0. The van der Waals surface area contributed by atoms with Crippen molar-refractivity contribution < 1.29 is 9.53 Å². The van der Waals surface area contributed by atoms with Crippen molar-refractivity contribution in [3.05, 3.63) is 65.2 Å². The van der Waals surface area contributed by atoms with Crippen LogP contribution in [0.5, 0.6) is 5.75 Å². The van der Waals surface area contributed by atoms with Gasteiger partial charge >= 0.3 is 5.97 Å². The van der Waals surface area contributed by atoms with Gasteiger partial charge < -0.3 is 4.74 Å². The van der Waals surface area contributed by atoms with Crippen molar-refractivity contribution in [2.45, 2.75) is 64.2 Å². The monoisotopic (exact) mass is 336 g/mol. The van der Waals surface area contributed by atoms with Gasteiger partial charge in [-0.05, 0) is 36.0 Å². The molecule has 0 saturated heterocycles. The second-order valence-electron chi connectivity index (χ2n) is 6.98. The van der Waals surface area contributed by atoms with Gasteiger partial charge in [-0.2, -0.15) is 0 Å². The van der Waals surface area contributed by atoms with E-state index < -0.39 is 0 Å². The van der Waals surface area contributed by atoms with Gasteiger partial charge in [0.15, 0.2) is 0 Å². The predicted octanol–water partition coefficient (Wildman–Crippen LogP) is 6.20. The number of para-hydroxylation sites is 1. The molecule has 1 heterocycles. The number of hydrogen-bond donors (Lipinski definition) is 0. The van der Waals surface area contributed by atoms with Crippen molar-refractivity contribution in [2.75, 3.05) is 0 Å². The van der Waals surface area contributed by atoms with Gasteiger partial charge in [0.2, 0.25) is 0 Å². The van der Waals surface area contributed by atoms with E-state index in [2.05, 4.69) is 32.0 Å². The van der Waals surface area contributed by atoms with Gasteiger partial charge in [-0.1, -0.05) is 82.0 Å². The minimum absolute atomic E-state index is 0.144. The maximum absolute atomic E-state index is 12.6. The fourth-order valence-corrected chi connectivity index (χ4v) is 3.94. The zero-order valence-electron chi connectivity index (χ0n) is 15.3. The highest BCUT2D eigenvalue weighted by Gasteiger charge is 2.36. The Kier molecular flexibility index (Phi) is 5.91. The fraction of sp³-hybridized carbons (Fsp3) is 0.435. The highest BCUT2D eigenvalue weighted by atomic mass is 16.5. The lowest BCUT2D eigenvalue weighted by Crippen LogP contribution is -2.15. The largest absolute Gasteiger partial charge is 0.425 e. The molecular formula is C23H28O2. The number of ether oxygens (including phenoxy) is 1. The molecule has 0 aliphatic carbocycles. The molecule has 0 fully saturated rings. The first-order valence-corrected chi connectivity index (χ1v) is 9.65. The van der Waals surface area contributed by atoms with Crippen LogP contribution in [-0.4, -0.2) is 5.97 Å². The van der Waals surface area contributed by atoms with Crippen LogP contribution in [0.25, 0.3) is 0 Å². The summed E-state index contributed by atoms with van der Waals surface area (Å²) in [5.74, 6) is 0.795. The summed E-state index contributed by atoms with van der Waals surface area (Å²) < 4.78 is 5.52. The molecule has 0 amide bonds. The van der Waals surface area contributed by atoms with Crippen molar-refractivity contribution in [3.8, 4) is 5.75 Å². The Morgan fingerprint density at radius 2 is 1.64 bits per heavy atom. The van der Waals surface area contributed by atoms with Crippen molar-refractivity contribution >= 4 is 5.97 Å². The second kappa shape index (κ2) is 8.33. The summed E-state index contributed by atoms with van der Waals surface area (Å²) in [5, 5.41) is 0. The Bertz CT molecular complexity index is 720. The van der Waals surface area contributed by atoms with Gasteiger partial charge in [0.25, 0.3) is 0 Å². The molecule has 2 aromatic carbocycles. The molecule has 1 aliphatic rings. The van der Waals surface area contributed by atoms with Gasteiger partial charge in [-0.15, -0.1) is 0 Å². The predicted molar refractivity (Wildman–Crippen MR) is 102 cm³/mol. The maximum Gasteiger partial charge on any atom is 0.323 e. The van der Waals surface area contributed by atoms with E-state index in [1.807, 2.05) is 30.3 Å². The molecule has 2 unspecified atom stereocenters. The first kappa shape index (κ1) is 17.7. The second-order valence-corrected chi connectivity index (χ2v) is 6.98. The van der Waals surface area contributed by atoms with Crippen LogP contribution in [0.15, 0.2) is 48.5 Å². The number of hydrogen-bond acceptors (Lipinski definition) is 2. The first-order valence-electron chi connectivity index (χ1n) is 9.65. The Hall–Kier alpha value is -2.09. The number of carbonyl (C=O) groups excluding carboxylic acids is 1. The minimum atomic E-state index is -0.280. The Balaban J connectivity index is 1.89. The van der Waals surface area contributed by atoms with Crippen molar-refractivity contribution in [1.29, 1.82) is 0 Å². The molecular weight excluding hydrogens is 308 g/mol.